The van der Waals surface area contributed by atoms with Crippen LogP contribution in [0.2, 0.25) is 0 Å². The number of benzene rings is 2. The molecular formula is C24H27NO3S2. The highest BCUT2D eigenvalue weighted by molar-refractivity contribution is 8.26. The first kappa shape index (κ1) is 22.4. The molecule has 1 amide bonds. The minimum Gasteiger partial charge on any atom is -0.490 e. The minimum atomic E-state index is -0.0660. The average Bonchev–Trinajstić information content (AvgIpc) is 2.96. The Morgan fingerprint density at radius 1 is 1.10 bits per heavy atom. The fourth-order valence-electron chi connectivity index (χ4n) is 2.92. The molecule has 30 heavy (non-hydrogen) atoms. The fourth-order valence-corrected chi connectivity index (χ4v) is 4.18. The second kappa shape index (κ2) is 10.1. The van der Waals surface area contributed by atoms with Crippen LogP contribution >= 0.6 is 24.0 Å². The maximum atomic E-state index is 12.9. The summed E-state index contributed by atoms with van der Waals surface area (Å²) in [4.78, 5) is 15.2. The summed E-state index contributed by atoms with van der Waals surface area (Å²) in [5, 5.41) is 0. The minimum absolute atomic E-state index is 0.0660. The second-order valence-electron chi connectivity index (χ2n) is 7.60. The molecule has 2 aromatic carbocycles. The molecular weight excluding hydrogens is 414 g/mol. The Bertz CT molecular complexity index is 951. The summed E-state index contributed by atoms with van der Waals surface area (Å²) in [5.41, 5.74) is 3.13. The molecule has 3 rings (SSSR count). The number of nitrogens with zero attached hydrogens (tertiary/aromatic N) is 1. The lowest BCUT2D eigenvalue weighted by Crippen LogP contribution is -2.27. The van der Waals surface area contributed by atoms with Crippen molar-refractivity contribution >= 4 is 40.3 Å². The van der Waals surface area contributed by atoms with Crippen molar-refractivity contribution in [2.45, 2.75) is 34.2 Å². The van der Waals surface area contributed by atoms with Gasteiger partial charge in [-0.25, -0.2) is 0 Å². The molecule has 0 aromatic heterocycles. The summed E-state index contributed by atoms with van der Waals surface area (Å²) in [6.45, 7) is 9.84. The molecule has 1 fully saturated rings. The molecule has 0 unspecified atom stereocenters. The normalized spacial score (nSPS) is 15.4. The van der Waals surface area contributed by atoms with Crippen molar-refractivity contribution < 1.29 is 14.3 Å². The highest BCUT2D eigenvalue weighted by Gasteiger charge is 2.32. The Kier molecular flexibility index (Phi) is 7.56. The van der Waals surface area contributed by atoms with Gasteiger partial charge in [0, 0.05) is 0 Å². The van der Waals surface area contributed by atoms with E-state index in [1.54, 1.807) is 4.90 Å². The van der Waals surface area contributed by atoms with Crippen LogP contribution in [0.25, 0.3) is 6.08 Å². The van der Waals surface area contributed by atoms with Gasteiger partial charge >= 0.3 is 0 Å². The number of rotatable bonds is 8. The molecule has 2 aromatic rings. The van der Waals surface area contributed by atoms with Crippen LogP contribution < -0.4 is 9.47 Å². The Balaban J connectivity index is 1.78. The Morgan fingerprint density at radius 3 is 2.50 bits per heavy atom. The number of carbonyl (C=O) groups excluding carboxylic acids is 1. The molecule has 1 heterocycles. The van der Waals surface area contributed by atoms with E-state index in [9.17, 15) is 4.79 Å². The van der Waals surface area contributed by atoms with E-state index in [1.807, 2.05) is 62.4 Å². The number of thiocarbonyl (C=S) groups is 1. The number of amides is 1. The molecule has 0 bridgehead atoms. The van der Waals surface area contributed by atoms with E-state index in [2.05, 4.69) is 13.8 Å². The predicted octanol–water partition coefficient (Wildman–Crippen LogP) is 5.83. The van der Waals surface area contributed by atoms with Gasteiger partial charge in [0.2, 0.25) is 0 Å². The Morgan fingerprint density at radius 2 is 1.83 bits per heavy atom. The quantitative estimate of drug-likeness (QED) is 0.381. The first-order chi connectivity index (χ1) is 14.4. The van der Waals surface area contributed by atoms with Crippen molar-refractivity contribution in [3.8, 4) is 11.5 Å². The monoisotopic (exact) mass is 441 g/mol. The van der Waals surface area contributed by atoms with Crippen LogP contribution in [-0.4, -0.2) is 28.3 Å². The summed E-state index contributed by atoms with van der Waals surface area (Å²) >= 11 is 6.80. The lowest BCUT2D eigenvalue weighted by atomic mass is 10.1. The number of thioether (sulfide) groups is 1. The van der Waals surface area contributed by atoms with Crippen LogP contribution in [0.3, 0.4) is 0 Å². The second-order valence-corrected chi connectivity index (χ2v) is 9.27. The smallest absolute Gasteiger partial charge is 0.266 e. The molecule has 1 aliphatic rings. The van der Waals surface area contributed by atoms with E-state index in [0.717, 1.165) is 16.9 Å². The third-order valence-corrected chi connectivity index (χ3v) is 5.85. The first-order valence-electron chi connectivity index (χ1n) is 10.1. The van der Waals surface area contributed by atoms with Gasteiger partial charge in [-0.3, -0.25) is 9.69 Å². The molecule has 0 radical (unpaired) electrons. The zero-order chi connectivity index (χ0) is 21.7. The molecule has 0 atom stereocenters. The first-order valence-corrected chi connectivity index (χ1v) is 11.3. The zero-order valence-electron chi connectivity index (χ0n) is 17.8. The van der Waals surface area contributed by atoms with Crippen molar-refractivity contribution in [1.82, 2.24) is 4.90 Å². The van der Waals surface area contributed by atoms with Crippen LogP contribution in [0.1, 0.15) is 37.5 Å². The summed E-state index contributed by atoms with van der Waals surface area (Å²) in [6, 6.07) is 13.9. The van der Waals surface area contributed by atoms with Gasteiger partial charge in [0.25, 0.3) is 5.91 Å². The van der Waals surface area contributed by atoms with E-state index in [-0.39, 0.29) is 5.91 Å². The SMILES string of the molecule is CCOc1cc(C=C2SC(=S)N(Cc3ccc(C)cc3)C2=O)ccc1OCC(C)C. The highest BCUT2D eigenvalue weighted by atomic mass is 32.2. The molecule has 0 aliphatic carbocycles. The van der Waals surface area contributed by atoms with E-state index >= 15 is 0 Å². The number of aryl methyl sites for hydroxylation is 1. The number of ether oxygens (including phenoxy) is 2. The molecule has 0 N–H and O–H groups in total. The van der Waals surface area contributed by atoms with Gasteiger partial charge in [0.15, 0.2) is 11.5 Å². The van der Waals surface area contributed by atoms with Crippen LogP contribution in [0.4, 0.5) is 0 Å². The summed E-state index contributed by atoms with van der Waals surface area (Å²) in [5.74, 6) is 1.76. The number of hydrogen-bond donors (Lipinski definition) is 0. The fraction of sp³-hybridized carbons (Fsp3) is 0.333. The standard InChI is InChI=1S/C24H27NO3S2/c1-5-27-21-12-19(10-11-20(21)28-15-16(2)3)13-22-23(26)25(24(29)30-22)14-18-8-6-17(4)7-9-18/h6-13,16H,5,14-15H2,1-4H3. The van der Waals surface area contributed by atoms with E-state index in [1.165, 1.54) is 17.3 Å². The summed E-state index contributed by atoms with van der Waals surface area (Å²) < 4.78 is 12.2. The van der Waals surface area contributed by atoms with Gasteiger partial charge in [0.1, 0.15) is 4.32 Å². The Hall–Kier alpha value is -2.31. The third kappa shape index (κ3) is 5.64. The lowest BCUT2D eigenvalue weighted by Gasteiger charge is -2.15. The van der Waals surface area contributed by atoms with Crippen LogP contribution in [0.15, 0.2) is 47.4 Å². The van der Waals surface area contributed by atoms with Gasteiger partial charge in [-0.15, -0.1) is 0 Å². The van der Waals surface area contributed by atoms with Crippen molar-refractivity contribution in [1.29, 1.82) is 0 Å². The molecule has 0 saturated carbocycles. The van der Waals surface area contributed by atoms with Crippen molar-refractivity contribution in [3.05, 3.63) is 64.1 Å². The maximum Gasteiger partial charge on any atom is 0.266 e. The average molecular weight is 442 g/mol. The maximum absolute atomic E-state index is 12.9. The molecule has 6 heteroatoms. The van der Waals surface area contributed by atoms with Crippen LogP contribution in [-0.2, 0) is 11.3 Å². The summed E-state index contributed by atoms with van der Waals surface area (Å²) in [6.07, 6.45) is 1.86. The highest BCUT2D eigenvalue weighted by Crippen LogP contribution is 2.35. The zero-order valence-corrected chi connectivity index (χ0v) is 19.4. The molecule has 1 aliphatic heterocycles. The van der Waals surface area contributed by atoms with Gasteiger partial charge in [-0.2, -0.15) is 0 Å². The van der Waals surface area contributed by atoms with Crippen LogP contribution in [0, 0.1) is 12.8 Å². The lowest BCUT2D eigenvalue weighted by molar-refractivity contribution is -0.122. The largest absolute Gasteiger partial charge is 0.490 e. The van der Waals surface area contributed by atoms with Crippen molar-refractivity contribution in [3.63, 3.8) is 0 Å². The van der Waals surface area contributed by atoms with Gasteiger partial charge in [-0.05, 0) is 49.1 Å². The van der Waals surface area contributed by atoms with E-state index < -0.39 is 0 Å². The molecule has 4 nitrogen and oxygen atoms in total. The summed E-state index contributed by atoms with van der Waals surface area (Å²) in [7, 11) is 0. The third-order valence-electron chi connectivity index (χ3n) is 4.47. The predicted molar refractivity (Wildman–Crippen MR) is 128 cm³/mol. The van der Waals surface area contributed by atoms with Crippen molar-refractivity contribution in [2.24, 2.45) is 5.92 Å². The van der Waals surface area contributed by atoms with Crippen molar-refractivity contribution in [2.75, 3.05) is 13.2 Å². The molecule has 158 valence electrons. The topological polar surface area (TPSA) is 38.8 Å². The number of hydrogen-bond acceptors (Lipinski definition) is 5. The van der Waals surface area contributed by atoms with Gasteiger partial charge < -0.3 is 9.47 Å². The number of carbonyl (C=O) groups is 1. The van der Waals surface area contributed by atoms with E-state index in [4.69, 9.17) is 21.7 Å². The van der Waals surface area contributed by atoms with Gasteiger partial charge in [0.05, 0.1) is 24.7 Å². The van der Waals surface area contributed by atoms with Crippen LogP contribution in [0.5, 0.6) is 11.5 Å². The molecule has 1 saturated heterocycles. The Labute approximate surface area is 188 Å². The van der Waals surface area contributed by atoms with Gasteiger partial charge in [-0.1, -0.05) is 73.7 Å². The van der Waals surface area contributed by atoms with E-state index in [0.29, 0.717) is 40.7 Å². The molecule has 0 spiro atoms.